The number of anilines is 1. The molecule has 1 saturated heterocycles. The molecule has 0 amide bonds. The number of rotatable bonds is 2. The van der Waals surface area contributed by atoms with Gasteiger partial charge in [-0.05, 0) is 30.5 Å². The smallest absolute Gasteiger partial charge is 0.225 e. The fourth-order valence-electron chi connectivity index (χ4n) is 2.47. The highest BCUT2D eigenvalue weighted by atomic mass is 79.9. The fourth-order valence-corrected chi connectivity index (χ4v) is 2.73. The van der Waals surface area contributed by atoms with Crippen molar-refractivity contribution in [3.63, 3.8) is 0 Å². The van der Waals surface area contributed by atoms with Gasteiger partial charge < -0.3 is 10.6 Å². The van der Waals surface area contributed by atoms with Crippen LogP contribution < -0.4 is 10.6 Å². The second kappa shape index (κ2) is 5.89. The molecule has 104 valence electrons. The second-order valence-electron chi connectivity index (χ2n) is 5.13. The van der Waals surface area contributed by atoms with E-state index in [0.717, 1.165) is 47.5 Å². The Morgan fingerprint density at radius 1 is 1.10 bits per heavy atom. The summed E-state index contributed by atoms with van der Waals surface area (Å²) in [6.45, 7) is 1.84. The van der Waals surface area contributed by atoms with Crippen LogP contribution in [-0.2, 0) is 0 Å². The average molecular weight is 333 g/mol. The third-order valence-corrected chi connectivity index (χ3v) is 4.09. The number of nitrogens with zero attached hydrogens (tertiary/aromatic N) is 3. The lowest BCUT2D eigenvalue weighted by atomic mass is 10.1. The van der Waals surface area contributed by atoms with Gasteiger partial charge in [0.05, 0.1) is 0 Å². The van der Waals surface area contributed by atoms with Gasteiger partial charge in [-0.2, -0.15) is 0 Å². The van der Waals surface area contributed by atoms with E-state index in [-0.39, 0.29) is 6.04 Å². The van der Waals surface area contributed by atoms with Gasteiger partial charge in [-0.1, -0.05) is 28.1 Å². The summed E-state index contributed by atoms with van der Waals surface area (Å²) in [6.07, 6.45) is 5.96. The van der Waals surface area contributed by atoms with Gasteiger partial charge in [0.15, 0.2) is 0 Å². The molecule has 1 aromatic carbocycles. The van der Waals surface area contributed by atoms with Crippen LogP contribution in [0, 0.1) is 0 Å². The Bertz CT molecular complexity index is 567. The molecule has 1 aliphatic rings. The van der Waals surface area contributed by atoms with Crippen LogP contribution in [0.2, 0.25) is 0 Å². The van der Waals surface area contributed by atoms with E-state index >= 15 is 0 Å². The van der Waals surface area contributed by atoms with Crippen molar-refractivity contribution in [3.8, 4) is 11.1 Å². The maximum absolute atomic E-state index is 6.00. The summed E-state index contributed by atoms with van der Waals surface area (Å²) >= 11 is 3.44. The number of hydrogen-bond donors (Lipinski definition) is 1. The van der Waals surface area contributed by atoms with E-state index in [0.29, 0.717) is 0 Å². The maximum atomic E-state index is 6.00. The van der Waals surface area contributed by atoms with Crippen molar-refractivity contribution in [2.75, 3.05) is 18.0 Å². The van der Waals surface area contributed by atoms with Crippen LogP contribution in [0.25, 0.3) is 11.1 Å². The van der Waals surface area contributed by atoms with Crippen LogP contribution in [0.15, 0.2) is 41.1 Å². The van der Waals surface area contributed by atoms with Crippen LogP contribution in [0.4, 0.5) is 5.95 Å². The molecule has 4 nitrogen and oxygen atoms in total. The Hall–Kier alpha value is -1.46. The van der Waals surface area contributed by atoms with Gasteiger partial charge in [0.25, 0.3) is 0 Å². The lowest BCUT2D eigenvalue weighted by Crippen LogP contribution is -2.43. The molecule has 1 fully saturated rings. The summed E-state index contributed by atoms with van der Waals surface area (Å²) in [6, 6.07) is 8.39. The van der Waals surface area contributed by atoms with Crippen LogP contribution >= 0.6 is 15.9 Å². The lowest BCUT2D eigenvalue weighted by molar-refractivity contribution is 0.500. The van der Waals surface area contributed by atoms with Gasteiger partial charge in [0.2, 0.25) is 5.95 Å². The Labute approximate surface area is 127 Å². The highest BCUT2D eigenvalue weighted by molar-refractivity contribution is 9.10. The zero-order valence-corrected chi connectivity index (χ0v) is 12.8. The molecule has 0 radical (unpaired) electrons. The first-order chi connectivity index (χ1) is 9.72. The van der Waals surface area contributed by atoms with Crippen molar-refractivity contribution in [2.45, 2.75) is 18.9 Å². The molecule has 2 aromatic rings. The number of hydrogen-bond acceptors (Lipinski definition) is 4. The monoisotopic (exact) mass is 332 g/mol. The number of nitrogens with two attached hydrogens (primary N) is 1. The number of piperidine rings is 1. The Kier molecular flexibility index (Phi) is 3.98. The van der Waals surface area contributed by atoms with Gasteiger partial charge in [-0.3, -0.25) is 0 Å². The molecule has 2 N–H and O–H groups in total. The number of halogens is 1. The van der Waals surface area contributed by atoms with E-state index in [4.69, 9.17) is 5.73 Å². The summed E-state index contributed by atoms with van der Waals surface area (Å²) in [7, 11) is 0. The Morgan fingerprint density at radius 3 is 2.45 bits per heavy atom. The number of aromatic nitrogens is 2. The minimum atomic E-state index is 0.235. The minimum Gasteiger partial charge on any atom is -0.339 e. The second-order valence-corrected chi connectivity index (χ2v) is 6.04. The molecule has 1 unspecified atom stereocenters. The first-order valence-electron chi connectivity index (χ1n) is 6.81. The third-order valence-electron chi connectivity index (χ3n) is 3.56. The molecule has 0 bridgehead atoms. The van der Waals surface area contributed by atoms with E-state index in [1.165, 1.54) is 0 Å². The highest BCUT2D eigenvalue weighted by Gasteiger charge is 2.18. The van der Waals surface area contributed by atoms with Crippen molar-refractivity contribution in [2.24, 2.45) is 5.73 Å². The van der Waals surface area contributed by atoms with E-state index in [1.807, 2.05) is 24.5 Å². The summed E-state index contributed by atoms with van der Waals surface area (Å²) in [5.74, 6) is 0.779. The standard InChI is InChI=1S/C15H17BrN4/c16-13-5-3-11(4-6-13)12-8-18-15(19-9-12)20-7-1-2-14(17)10-20/h3-6,8-9,14H,1-2,7,10,17H2. The third kappa shape index (κ3) is 2.99. The normalized spacial score (nSPS) is 19.1. The van der Waals surface area contributed by atoms with E-state index in [9.17, 15) is 0 Å². The van der Waals surface area contributed by atoms with Crippen LogP contribution in [0.1, 0.15) is 12.8 Å². The fraction of sp³-hybridized carbons (Fsp3) is 0.333. The van der Waals surface area contributed by atoms with Crippen molar-refractivity contribution in [1.82, 2.24) is 9.97 Å². The quantitative estimate of drug-likeness (QED) is 0.918. The van der Waals surface area contributed by atoms with Gasteiger partial charge >= 0.3 is 0 Å². The first kappa shape index (κ1) is 13.5. The number of benzene rings is 1. The topological polar surface area (TPSA) is 55.0 Å². The van der Waals surface area contributed by atoms with Gasteiger partial charge in [-0.15, -0.1) is 0 Å². The predicted octanol–water partition coefficient (Wildman–Crippen LogP) is 2.83. The van der Waals surface area contributed by atoms with Crippen molar-refractivity contribution in [1.29, 1.82) is 0 Å². The van der Waals surface area contributed by atoms with Crippen molar-refractivity contribution < 1.29 is 0 Å². The zero-order valence-electron chi connectivity index (χ0n) is 11.2. The largest absolute Gasteiger partial charge is 0.339 e. The van der Waals surface area contributed by atoms with E-state index in [1.54, 1.807) is 0 Å². The maximum Gasteiger partial charge on any atom is 0.225 e. The minimum absolute atomic E-state index is 0.235. The molecule has 2 heterocycles. The summed E-state index contributed by atoms with van der Waals surface area (Å²) in [5, 5.41) is 0. The summed E-state index contributed by atoms with van der Waals surface area (Å²) in [5.41, 5.74) is 8.15. The summed E-state index contributed by atoms with van der Waals surface area (Å²) < 4.78 is 1.07. The Morgan fingerprint density at radius 2 is 1.80 bits per heavy atom. The molecule has 1 aromatic heterocycles. The zero-order chi connectivity index (χ0) is 13.9. The van der Waals surface area contributed by atoms with Crippen molar-refractivity contribution >= 4 is 21.9 Å². The SMILES string of the molecule is NC1CCCN(c2ncc(-c3ccc(Br)cc3)cn2)C1. The van der Waals surface area contributed by atoms with Gasteiger partial charge in [-0.25, -0.2) is 9.97 Å². The molecule has 20 heavy (non-hydrogen) atoms. The highest BCUT2D eigenvalue weighted by Crippen LogP contribution is 2.22. The molecule has 0 spiro atoms. The summed E-state index contributed by atoms with van der Waals surface area (Å²) in [4.78, 5) is 11.1. The van der Waals surface area contributed by atoms with Crippen LogP contribution in [0.5, 0.6) is 0 Å². The average Bonchev–Trinajstić information content (AvgIpc) is 2.48. The molecular formula is C15H17BrN4. The molecular weight excluding hydrogens is 316 g/mol. The molecule has 3 rings (SSSR count). The van der Waals surface area contributed by atoms with Gasteiger partial charge in [0.1, 0.15) is 0 Å². The van der Waals surface area contributed by atoms with Crippen molar-refractivity contribution in [3.05, 3.63) is 41.1 Å². The molecule has 1 atom stereocenters. The van der Waals surface area contributed by atoms with Crippen LogP contribution in [-0.4, -0.2) is 29.1 Å². The molecule has 1 aliphatic heterocycles. The Balaban J connectivity index is 1.78. The molecule has 0 saturated carbocycles. The van der Waals surface area contributed by atoms with Gasteiger partial charge in [0, 0.05) is 41.6 Å². The molecule has 5 heteroatoms. The van der Waals surface area contributed by atoms with E-state index < -0.39 is 0 Å². The first-order valence-corrected chi connectivity index (χ1v) is 7.60. The lowest BCUT2D eigenvalue weighted by Gasteiger charge is -2.30. The molecule has 0 aliphatic carbocycles. The predicted molar refractivity (Wildman–Crippen MR) is 84.6 cm³/mol. The van der Waals surface area contributed by atoms with Crippen LogP contribution in [0.3, 0.4) is 0 Å². The van der Waals surface area contributed by atoms with E-state index in [2.05, 4.69) is 42.9 Å².